The van der Waals surface area contributed by atoms with Gasteiger partial charge in [-0.1, -0.05) is 36.4 Å². The summed E-state index contributed by atoms with van der Waals surface area (Å²) < 4.78 is 38.2. The molecule has 0 radical (unpaired) electrons. The van der Waals surface area contributed by atoms with Crippen molar-refractivity contribution in [2.45, 2.75) is 37.5 Å². The first-order valence-electron chi connectivity index (χ1n) is 10.4. The molecular weight excluding hydrogens is 432 g/mol. The molecule has 2 aromatic rings. The number of carbonyl (C=O) groups excluding carboxylic acids is 2. The molecule has 0 N–H and O–H groups in total. The number of hydrogen-bond acceptors (Lipinski definition) is 6. The highest BCUT2D eigenvalue weighted by molar-refractivity contribution is 7.89. The number of carbonyl (C=O) groups is 2. The quantitative estimate of drug-likeness (QED) is 0.589. The van der Waals surface area contributed by atoms with Crippen molar-refractivity contribution in [3.63, 3.8) is 0 Å². The van der Waals surface area contributed by atoms with Crippen molar-refractivity contribution in [2.75, 3.05) is 26.7 Å². The summed E-state index contributed by atoms with van der Waals surface area (Å²) >= 11 is 0. The highest BCUT2D eigenvalue weighted by Gasteiger charge is 2.32. The van der Waals surface area contributed by atoms with Crippen LogP contribution in [0.4, 0.5) is 0 Å². The van der Waals surface area contributed by atoms with Gasteiger partial charge in [-0.15, -0.1) is 0 Å². The van der Waals surface area contributed by atoms with E-state index in [1.807, 2.05) is 44.2 Å². The smallest absolute Gasteiger partial charge is 0.338 e. The summed E-state index contributed by atoms with van der Waals surface area (Å²) in [5.74, 6) is -1.12. The molecule has 0 spiro atoms. The number of amides is 1. The van der Waals surface area contributed by atoms with Crippen molar-refractivity contribution in [1.29, 1.82) is 0 Å². The first-order valence-corrected chi connectivity index (χ1v) is 11.8. The molecule has 172 valence electrons. The molecule has 0 bridgehead atoms. The van der Waals surface area contributed by atoms with E-state index in [9.17, 15) is 18.0 Å². The van der Waals surface area contributed by atoms with Crippen LogP contribution in [0.15, 0.2) is 59.5 Å². The molecule has 1 saturated heterocycles. The maximum absolute atomic E-state index is 13.0. The van der Waals surface area contributed by atoms with Gasteiger partial charge in [0, 0.05) is 26.7 Å². The molecule has 1 aliphatic heterocycles. The zero-order valence-electron chi connectivity index (χ0n) is 18.4. The molecule has 0 saturated carbocycles. The molecule has 0 aromatic heterocycles. The predicted octanol–water partition coefficient (Wildman–Crippen LogP) is 2.30. The van der Waals surface area contributed by atoms with Crippen LogP contribution in [-0.2, 0) is 30.8 Å². The molecular formula is C23H28N2O6S. The van der Waals surface area contributed by atoms with Gasteiger partial charge in [0.25, 0.3) is 5.91 Å². The van der Waals surface area contributed by atoms with Gasteiger partial charge in [-0.25, -0.2) is 13.2 Å². The predicted molar refractivity (Wildman–Crippen MR) is 118 cm³/mol. The number of benzene rings is 2. The first kappa shape index (κ1) is 23.9. The summed E-state index contributed by atoms with van der Waals surface area (Å²) in [6.07, 6.45) is -0.443. The number of likely N-dealkylation sites (N-methyl/N-ethyl adjacent to an activating group) is 1. The van der Waals surface area contributed by atoms with Gasteiger partial charge in [0.1, 0.15) is 0 Å². The van der Waals surface area contributed by atoms with Crippen molar-refractivity contribution in [3.05, 3.63) is 65.7 Å². The van der Waals surface area contributed by atoms with E-state index < -0.39 is 22.6 Å². The van der Waals surface area contributed by atoms with Gasteiger partial charge in [0.15, 0.2) is 6.61 Å². The second-order valence-electron chi connectivity index (χ2n) is 7.92. The van der Waals surface area contributed by atoms with E-state index in [-0.39, 0.29) is 41.7 Å². The number of hydrogen-bond donors (Lipinski definition) is 0. The van der Waals surface area contributed by atoms with E-state index in [1.165, 1.54) is 33.5 Å². The molecule has 8 nitrogen and oxygen atoms in total. The lowest BCUT2D eigenvalue weighted by atomic mass is 10.2. The van der Waals surface area contributed by atoms with Crippen LogP contribution in [0.3, 0.4) is 0 Å². The SMILES string of the molecule is C[C@@H]1CN(S(=O)(=O)c2cccc(C(=O)OCC(=O)N(C)Cc3ccccc3)c2)C[C@@H](C)O1. The Morgan fingerprint density at radius 3 is 2.38 bits per heavy atom. The number of ether oxygens (including phenoxy) is 2. The Labute approximate surface area is 188 Å². The Balaban J connectivity index is 1.63. The molecule has 1 heterocycles. The third kappa shape index (κ3) is 5.93. The van der Waals surface area contributed by atoms with Gasteiger partial charge in [0.05, 0.1) is 22.7 Å². The summed E-state index contributed by atoms with van der Waals surface area (Å²) in [5.41, 5.74) is 1.03. The fourth-order valence-electron chi connectivity index (χ4n) is 3.53. The van der Waals surface area contributed by atoms with Gasteiger partial charge >= 0.3 is 5.97 Å². The lowest BCUT2D eigenvalue weighted by Crippen LogP contribution is -2.48. The van der Waals surface area contributed by atoms with E-state index >= 15 is 0 Å². The highest BCUT2D eigenvalue weighted by atomic mass is 32.2. The standard InChI is InChI=1S/C23H28N2O6S/c1-17-13-25(14-18(2)31-17)32(28,29)21-11-7-10-20(12-21)23(27)30-16-22(26)24(3)15-19-8-5-4-6-9-19/h4-12,17-18H,13-16H2,1-3H3/t17-,18-/m1/s1. The molecule has 3 rings (SSSR count). The Kier molecular flexibility index (Phi) is 7.65. The minimum atomic E-state index is -3.79. The second-order valence-corrected chi connectivity index (χ2v) is 9.86. The molecule has 2 atom stereocenters. The first-order chi connectivity index (χ1) is 15.2. The Bertz CT molecular complexity index is 1050. The van der Waals surface area contributed by atoms with Crippen molar-refractivity contribution in [2.24, 2.45) is 0 Å². The molecule has 1 fully saturated rings. The largest absolute Gasteiger partial charge is 0.452 e. The maximum atomic E-state index is 13.0. The summed E-state index contributed by atoms with van der Waals surface area (Å²) in [7, 11) is -2.17. The zero-order valence-corrected chi connectivity index (χ0v) is 19.2. The molecule has 0 unspecified atom stereocenters. The molecule has 1 amide bonds. The Morgan fingerprint density at radius 1 is 1.06 bits per heavy atom. The zero-order chi connectivity index (χ0) is 23.3. The third-order valence-corrected chi connectivity index (χ3v) is 6.94. The average molecular weight is 461 g/mol. The summed E-state index contributed by atoms with van der Waals surface area (Å²) in [4.78, 5) is 26.2. The lowest BCUT2D eigenvalue weighted by Gasteiger charge is -2.34. The highest BCUT2D eigenvalue weighted by Crippen LogP contribution is 2.22. The average Bonchev–Trinajstić information content (AvgIpc) is 2.77. The number of esters is 1. The minimum absolute atomic E-state index is 0.000715. The van der Waals surface area contributed by atoms with Crippen molar-refractivity contribution >= 4 is 21.9 Å². The van der Waals surface area contributed by atoms with Crippen molar-refractivity contribution in [3.8, 4) is 0 Å². The number of nitrogens with zero attached hydrogens (tertiary/aromatic N) is 2. The van der Waals surface area contributed by atoms with Gasteiger partial charge < -0.3 is 14.4 Å². The van der Waals surface area contributed by atoms with Crippen LogP contribution in [-0.4, -0.2) is 68.5 Å². The van der Waals surface area contributed by atoms with Crippen molar-refractivity contribution < 1.29 is 27.5 Å². The number of morpholine rings is 1. The molecule has 32 heavy (non-hydrogen) atoms. The lowest BCUT2D eigenvalue weighted by molar-refractivity contribution is -0.133. The van der Waals surface area contributed by atoms with Gasteiger partial charge in [-0.05, 0) is 37.6 Å². The monoisotopic (exact) mass is 460 g/mol. The van der Waals surface area contributed by atoms with E-state index in [1.54, 1.807) is 7.05 Å². The number of rotatable bonds is 7. The second kappa shape index (κ2) is 10.2. The summed E-state index contributed by atoms with van der Waals surface area (Å²) in [5, 5.41) is 0. The Morgan fingerprint density at radius 2 is 1.72 bits per heavy atom. The normalized spacial score (nSPS) is 19.3. The van der Waals surface area contributed by atoms with E-state index in [2.05, 4.69) is 0 Å². The molecule has 1 aliphatic rings. The van der Waals surface area contributed by atoms with Crippen LogP contribution in [0, 0.1) is 0 Å². The van der Waals surface area contributed by atoms with Crippen LogP contribution < -0.4 is 0 Å². The third-order valence-electron chi connectivity index (χ3n) is 5.11. The van der Waals surface area contributed by atoms with Gasteiger partial charge in [-0.3, -0.25) is 4.79 Å². The fraction of sp³-hybridized carbons (Fsp3) is 0.391. The van der Waals surface area contributed by atoms with Crippen LogP contribution in [0.2, 0.25) is 0 Å². The van der Waals surface area contributed by atoms with E-state index in [0.717, 1.165) is 5.56 Å². The van der Waals surface area contributed by atoms with Gasteiger partial charge in [-0.2, -0.15) is 4.31 Å². The molecule has 2 aromatic carbocycles. The minimum Gasteiger partial charge on any atom is -0.452 e. The summed E-state index contributed by atoms with van der Waals surface area (Å²) in [6.45, 7) is 4.07. The fourth-order valence-corrected chi connectivity index (χ4v) is 5.16. The van der Waals surface area contributed by atoms with E-state index in [0.29, 0.717) is 6.54 Å². The topological polar surface area (TPSA) is 93.2 Å². The van der Waals surface area contributed by atoms with Gasteiger partial charge in [0.2, 0.25) is 10.0 Å². The van der Waals surface area contributed by atoms with Crippen molar-refractivity contribution in [1.82, 2.24) is 9.21 Å². The van der Waals surface area contributed by atoms with E-state index in [4.69, 9.17) is 9.47 Å². The maximum Gasteiger partial charge on any atom is 0.338 e. The summed E-state index contributed by atoms with van der Waals surface area (Å²) in [6, 6.07) is 15.1. The Hall–Kier alpha value is -2.75. The van der Waals surface area contributed by atoms with Crippen LogP contribution in [0.1, 0.15) is 29.8 Å². The van der Waals surface area contributed by atoms with Crippen LogP contribution in [0.25, 0.3) is 0 Å². The number of sulfonamides is 1. The van der Waals surface area contributed by atoms with Crippen LogP contribution >= 0.6 is 0 Å². The van der Waals surface area contributed by atoms with Crippen LogP contribution in [0.5, 0.6) is 0 Å². The molecule has 0 aliphatic carbocycles. The molecule has 9 heteroatoms.